The first-order chi connectivity index (χ1) is 9.05. The third-order valence-electron chi connectivity index (χ3n) is 3.22. The third-order valence-corrected chi connectivity index (χ3v) is 4.94. The summed E-state index contributed by atoms with van der Waals surface area (Å²) in [6.45, 7) is 1.06. The molecule has 0 radical (unpaired) electrons. The molecule has 6 heteroatoms. The standard InChI is InChI=1S/C13H16N2O3S/c1-18-12-4-3-11(10-14)13(9-12)15-5-2-7-19(16,17)8-6-15/h3-4,9H,2,5-8H2,1H3. The molecule has 1 aromatic carbocycles. The van der Waals surface area contributed by atoms with Crippen LogP contribution in [0.5, 0.6) is 5.75 Å². The number of ether oxygens (including phenoxy) is 1. The monoisotopic (exact) mass is 280 g/mol. The van der Waals surface area contributed by atoms with Crippen molar-refractivity contribution in [3.63, 3.8) is 0 Å². The van der Waals surface area contributed by atoms with E-state index in [1.165, 1.54) is 0 Å². The van der Waals surface area contributed by atoms with Gasteiger partial charge in [-0.3, -0.25) is 0 Å². The lowest BCUT2D eigenvalue weighted by Crippen LogP contribution is -2.27. The predicted octanol–water partition coefficient (Wildman–Crippen LogP) is 1.19. The molecule has 1 heterocycles. The SMILES string of the molecule is COc1ccc(C#N)c(N2CCCS(=O)(=O)CC2)c1. The third kappa shape index (κ3) is 3.18. The van der Waals surface area contributed by atoms with Crippen LogP contribution in [0.4, 0.5) is 5.69 Å². The summed E-state index contributed by atoms with van der Waals surface area (Å²) in [5.41, 5.74) is 1.29. The lowest BCUT2D eigenvalue weighted by molar-refractivity contribution is 0.414. The molecule has 2 rings (SSSR count). The zero-order chi connectivity index (χ0) is 13.9. The van der Waals surface area contributed by atoms with Crippen LogP contribution in [0.25, 0.3) is 0 Å². The molecule has 0 atom stereocenters. The van der Waals surface area contributed by atoms with Crippen molar-refractivity contribution in [3.8, 4) is 11.8 Å². The molecule has 1 fully saturated rings. The minimum atomic E-state index is -2.95. The van der Waals surface area contributed by atoms with Gasteiger partial charge in [0.25, 0.3) is 0 Å². The molecule has 0 N–H and O–H groups in total. The fourth-order valence-electron chi connectivity index (χ4n) is 2.17. The Hall–Kier alpha value is -1.74. The summed E-state index contributed by atoms with van der Waals surface area (Å²) in [6, 6.07) is 7.36. The number of methoxy groups -OCH3 is 1. The van der Waals surface area contributed by atoms with Gasteiger partial charge < -0.3 is 9.64 Å². The van der Waals surface area contributed by atoms with Crippen LogP contribution < -0.4 is 9.64 Å². The molecule has 0 amide bonds. The predicted molar refractivity (Wildman–Crippen MR) is 73.2 cm³/mol. The molecule has 1 aliphatic heterocycles. The fraction of sp³-hybridized carbons (Fsp3) is 0.462. The largest absolute Gasteiger partial charge is 0.497 e. The topological polar surface area (TPSA) is 70.4 Å². The Kier molecular flexibility index (Phi) is 3.96. The van der Waals surface area contributed by atoms with E-state index in [4.69, 9.17) is 10.00 Å². The molecule has 0 aliphatic carbocycles. The molecule has 0 unspecified atom stereocenters. The van der Waals surface area contributed by atoms with Crippen LogP contribution in [0.2, 0.25) is 0 Å². The van der Waals surface area contributed by atoms with Gasteiger partial charge in [0.2, 0.25) is 0 Å². The number of rotatable bonds is 2. The van der Waals surface area contributed by atoms with Gasteiger partial charge >= 0.3 is 0 Å². The Morgan fingerprint density at radius 2 is 2.11 bits per heavy atom. The summed E-state index contributed by atoms with van der Waals surface area (Å²) in [6.07, 6.45) is 0.588. The van der Waals surface area contributed by atoms with Crippen LogP contribution >= 0.6 is 0 Å². The molecule has 5 nitrogen and oxygen atoms in total. The molecule has 1 aromatic rings. The van der Waals surface area contributed by atoms with Gasteiger partial charge in [-0.2, -0.15) is 5.26 Å². The lowest BCUT2D eigenvalue weighted by Gasteiger charge is -2.23. The van der Waals surface area contributed by atoms with Crippen molar-refractivity contribution in [2.45, 2.75) is 6.42 Å². The van der Waals surface area contributed by atoms with Crippen LogP contribution in [0.15, 0.2) is 18.2 Å². The van der Waals surface area contributed by atoms with E-state index in [2.05, 4.69) is 6.07 Å². The molecule has 1 saturated heterocycles. The number of sulfone groups is 1. The normalized spacial score (nSPS) is 18.4. The maximum absolute atomic E-state index is 11.6. The van der Waals surface area contributed by atoms with Crippen molar-refractivity contribution >= 4 is 15.5 Å². The number of hydrogen-bond donors (Lipinski definition) is 0. The highest BCUT2D eigenvalue weighted by atomic mass is 32.2. The van der Waals surface area contributed by atoms with Crippen molar-refractivity contribution in [1.29, 1.82) is 5.26 Å². The van der Waals surface area contributed by atoms with Gasteiger partial charge in [-0.25, -0.2) is 8.42 Å². The summed E-state index contributed by atoms with van der Waals surface area (Å²) in [7, 11) is -1.38. The molecule has 102 valence electrons. The van der Waals surface area contributed by atoms with Gasteiger partial charge in [0.05, 0.1) is 29.9 Å². The summed E-state index contributed by atoms with van der Waals surface area (Å²) in [5, 5.41) is 9.15. The van der Waals surface area contributed by atoms with Gasteiger partial charge in [-0.05, 0) is 18.6 Å². The van der Waals surface area contributed by atoms with Crippen molar-refractivity contribution in [2.24, 2.45) is 0 Å². The molecule has 0 bridgehead atoms. The average molecular weight is 280 g/mol. The van der Waals surface area contributed by atoms with Crippen LogP contribution in [0.3, 0.4) is 0 Å². The van der Waals surface area contributed by atoms with Crippen molar-refractivity contribution in [1.82, 2.24) is 0 Å². The van der Waals surface area contributed by atoms with E-state index >= 15 is 0 Å². The Morgan fingerprint density at radius 3 is 2.79 bits per heavy atom. The zero-order valence-electron chi connectivity index (χ0n) is 10.8. The van der Waals surface area contributed by atoms with E-state index in [9.17, 15) is 8.42 Å². The van der Waals surface area contributed by atoms with Gasteiger partial charge in [0.15, 0.2) is 9.84 Å². The average Bonchev–Trinajstić information content (AvgIpc) is 2.59. The number of nitriles is 1. The van der Waals surface area contributed by atoms with Gasteiger partial charge in [-0.1, -0.05) is 0 Å². The quantitative estimate of drug-likeness (QED) is 0.814. The molecule has 0 aromatic heterocycles. The van der Waals surface area contributed by atoms with Crippen LogP contribution in [-0.2, 0) is 9.84 Å². The van der Waals surface area contributed by atoms with Crippen LogP contribution in [-0.4, -0.2) is 40.1 Å². The van der Waals surface area contributed by atoms with E-state index in [0.717, 1.165) is 5.69 Å². The maximum atomic E-state index is 11.6. The zero-order valence-corrected chi connectivity index (χ0v) is 11.6. The summed E-state index contributed by atoms with van der Waals surface area (Å²) in [4.78, 5) is 1.95. The second kappa shape index (κ2) is 5.49. The Bertz CT molecular complexity index is 605. The molecular weight excluding hydrogens is 264 g/mol. The fourth-order valence-corrected chi connectivity index (χ4v) is 3.45. The van der Waals surface area contributed by atoms with E-state index in [1.807, 2.05) is 4.90 Å². The minimum Gasteiger partial charge on any atom is -0.497 e. The van der Waals surface area contributed by atoms with E-state index in [-0.39, 0.29) is 11.5 Å². The van der Waals surface area contributed by atoms with Crippen molar-refractivity contribution in [3.05, 3.63) is 23.8 Å². The molecule has 0 spiro atoms. The smallest absolute Gasteiger partial charge is 0.152 e. The highest BCUT2D eigenvalue weighted by Crippen LogP contribution is 2.26. The Labute approximate surface area is 113 Å². The highest BCUT2D eigenvalue weighted by Gasteiger charge is 2.21. The first kappa shape index (κ1) is 13.7. The second-order valence-electron chi connectivity index (χ2n) is 4.49. The summed E-state index contributed by atoms with van der Waals surface area (Å²) in [5.74, 6) is 1.02. The Morgan fingerprint density at radius 1 is 1.32 bits per heavy atom. The van der Waals surface area contributed by atoms with Gasteiger partial charge in [0.1, 0.15) is 11.8 Å². The first-order valence-corrected chi connectivity index (χ1v) is 7.91. The summed E-state index contributed by atoms with van der Waals surface area (Å²) < 4.78 is 28.4. The number of nitrogens with zero attached hydrogens (tertiary/aromatic N) is 2. The number of benzene rings is 1. The summed E-state index contributed by atoms with van der Waals surface area (Å²) >= 11 is 0. The van der Waals surface area contributed by atoms with Crippen LogP contribution in [0.1, 0.15) is 12.0 Å². The molecule has 19 heavy (non-hydrogen) atoms. The highest BCUT2D eigenvalue weighted by molar-refractivity contribution is 7.91. The van der Waals surface area contributed by atoms with E-state index in [0.29, 0.717) is 30.8 Å². The van der Waals surface area contributed by atoms with Crippen molar-refractivity contribution in [2.75, 3.05) is 36.6 Å². The molecular formula is C13H16N2O3S. The van der Waals surface area contributed by atoms with Gasteiger partial charge in [0, 0.05) is 19.2 Å². The minimum absolute atomic E-state index is 0.134. The number of anilines is 1. The van der Waals surface area contributed by atoms with Crippen LogP contribution in [0, 0.1) is 11.3 Å². The first-order valence-electron chi connectivity index (χ1n) is 6.09. The lowest BCUT2D eigenvalue weighted by atomic mass is 10.1. The van der Waals surface area contributed by atoms with E-state index in [1.54, 1.807) is 25.3 Å². The van der Waals surface area contributed by atoms with Crippen molar-refractivity contribution < 1.29 is 13.2 Å². The molecule has 0 saturated carbocycles. The maximum Gasteiger partial charge on any atom is 0.152 e. The van der Waals surface area contributed by atoms with Gasteiger partial charge in [-0.15, -0.1) is 0 Å². The van der Waals surface area contributed by atoms with E-state index < -0.39 is 9.84 Å². The number of hydrogen-bond acceptors (Lipinski definition) is 5. The Balaban J connectivity index is 2.33. The second-order valence-corrected chi connectivity index (χ2v) is 6.79. The molecule has 1 aliphatic rings.